The summed E-state index contributed by atoms with van der Waals surface area (Å²) in [5, 5.41) is 13.6. The van der Waals surface area contributed by atoms with Gasteiger partial charge in [-0.05, 0) is 59.2 Å². The van der Waals surface area contributed by atoms with Crippen molar-refractivity contribution in [3.63, 3.8) is 0 Å². The van der Waals surface area contributed by atoms with E-state index in [0.717, 1.165) is 22.4 Å². The highest BCUT2D eigenvalue weighted by atomic mass is 16.7. The molecular formula is C19H24BN3O2. The van der Waals surface area contributed by atoms with Gasteiger partial charge in [-0.3, -0.25) is 4.68 Å². The zero-order valence-corrected chi connectivity index (χ0v) is 15.8. The summed E-state index contributed by atoms with van der Waals surface area (Å²) in [6, 6.07) is 9.72. The molecule has 1 aromatic carbocycles. The van der Waals surface area contributed by atoms with Gasteiger partial charge in [0, 0.05) is 11.2 Å². The van der Waals surface area contributed by atoms with Gasteiger partial charge in [0.05, 0.1) is 35.1 Å². The van der Waals surface area contributed by atoms with Crippen molar-refractivity contribution in [3.8, 4) is 6.07 Å². The largest absolute Gasteiger partial charge is 0.498 e. The molecule has 5 nitrogen and oxygen atoms in total. The molecule has 130 valence electrons. The number of hydrogen-bond acceptors (Lipinski definition) is 4. The minimum atomic E-state index is -0.403. The number of nitriles is 1. The van der Waals surface area contributed by atoms with Gasteiger partial charge in [-0.1, -0.05) is 12.1 Å². The van der Waals surface area contributed by atoms with Crippen LogP contribution in [-0.4, -0.2) is 28.1 Å². The van der Waals surface area contributed by atoms with Crippen molar-refractivity contribution in [3.05, 3.63) is 46.8 Å². The van der Waals surface area contributed by atoms with Crippen LogP contribution in [0.2, 0.25) is 0 Å². The Bertz CT molecular complexity index is 816. The summed E-state index contributed by atoms with van der Waals surface area (Å²) in [5.41, 5.74) is 4.00. The minimum Gasteiger partial charge on any atom is -0.399 e. The number of hydrogen-bond donors (Lipinski definition) is 0. The summed E-state index contributed by atoms with van der Waals surface area (Å²) in [7, 11) is -0.403. The first-order valence-corrected chi connectivity index (χ1v) is 8.53. The molecule has 0 N–H and O–H groups in total. The van der Waals surface area contributed by atoms with Crippen LogP contribution in [0.5, 0.6) is 0 Å². The lowest BCUT2D eigenvalue weighted by atomic mass is 9.77. The maximum Gasteiger partial charge on any atom is 0.498 e. The standard InChI is InChI=1S/C19H24BN3O2/c1-13-17(20-24-18(3,4)19(5,6)25-20)14(2)23(22-13)12-16-9-7-15(11-21)8-10-16/h7-10H,12H2,1-6H3. The third kappa shape index (κ3) is 3.10. The first kappa shape index (κ1) is 17.7. The molecule has 0 atom stereocenters. The number of nitrogens with zero attached hydrogens (tertiary/aromatic N) is 3. The molecule has 0 unspecified atom stereocenters. The summed E-state index contributed by atoms with van der Waals surface area (Å²) in [4.78, 5) is 0. The highest BCUT2D eigenvalue weighted by Gasteiger charge is 2.53. The molecule has 0 aliphatic carbocycles. The van der Waals surface area contributed by atoms with Crippen molar-refractivity contribution in [1.82, 2.24) is 9.78 Å². The second-order valence-corrected chi connectivity index (χ2v) is 7.64. The maximum atomic E-state index is 8.91. The molecule has 0 bridgehead atoms. The van der Waals surface area contributed by atoms with Crippen molar-refractivity contribution >= 4 is 12.6 Å². The molecule has 0 radical (unpaired) electrons. The summed E-state index contributed by atoms with van der Waals surface area (Å²) < 4.78 is 14.4. The Morgan fingerprint density at radius 2 is 1.64 bits per heavy atom. The van der Waals surface area contributed by atoms with Crippen molar-refractivity contribution in [1.29, 1.82) is 5.26 Å². The minimum absolute atomic E-state index is 0.369. The molecular weight excluding hydrogens is 313 g/mol. The number of aryl methyl sites for hydroxylation is 1. The molecule has 0 saturated carbocycles. The van der Waals surface area contributed by atoms with Crippen LogP contribution in [0.4, 0.5) is 0 Å². The first-order valence-electron chi connectivity index (χ1n) is 8.53. The molecule has 6 heteroatoms. The van der Waals surface area contributed by atoms with E-state index in [1.54, 1.807) is 0 Å². The van der Waals surface area contributed by atoms with E-state index >= 15 is 0 Å². The number of rotatable bonds is 3. The normalized spacial score (nSPS) is 18.4. The quantitative estimate of drug-likeness (QED) is 0.808. The van der Waals surface area contributed by atoms with E-state index in [1.807, 2.05) is 42.8 Å². The molecule has 1 saturated heterocycles. The lowest BCUT2D eigenvalue weighted by Crippen LogP contribution is -2.41. The Hall–Kier alpha value is -2.10. The lowest BCUT2D eigenvalue weighted by Gasteiger charge is -2.32. The second-order valence-electron chi connectivity index (χ2n) is 7.64. The molecule has 3 rings (SSSR count). The van der Waals surface area contributed by atoms with Crippen LogP contribution in [0, 0.1) is 25.2 Å². The van der Waals surface area contributed by atoms with E-state index < -0.39 is 7.12 Å². The van der Waals surface area contributed by atoms with Gasteiger partial charge in [0.25, 0.3) is 0 Å². The van der Waals surface area contributed by atoms with E-state index in [1.165, 1.54) is 0 Å². The first-order chi connectivity index (χ1) is 11.6. The van der Waals surface area contributed by atoms with Gasteiger partial charge in [-0.2, -0.15) is 10.4 Å². The average Bonchev–Trinajstić information content (AvgIpc) is 2.92. The van der Waals surface area contributed by atoms with Gasteiger partial charge >= 0.3 is 7.12 Å². The Morgan fingerprint density at radius 3 is 2.16 bits per heavy atom. The van der Waals surface area contributed by atoms with Crippen molar-refractivity contribution < 1.29 is 9.31 Å². The van der Waals surface area contributed by atoms with Crippen LogP contribution in [0.1, 0.15) is 50.2 Å². The fourth-order valence-electron chi connectivity index (χ4n) is 3.02. The topological polar surface area (TPSA) is 60.1 Å². The van der Waals surface area contributed by atoms with E-state index in [0.29, 0.717) is 12.1 Å². The molecule has 1 aliphatic heterocycles. The number of benzene rings is 1. The second kappa shape index (κ2) is 6.01. The molecule has 0 amide bonds. The van der Waals surface area contributed by atoms with Crippen molar-refractivity contribution in [2.45, 2.75) is 59.3 Å². The molecule has 25 heavy (non-hydrogen) atoms. The van der Waals surface area contributed by atoms with Crippen molar-refractivity contribution in [2.75, 3.05) is 0 Å². The van der Waals surface area contributed by atoms with E-state index in [2.05, 4.69) is 38.9 Å². The third-order valence-electron chi connectivity index (χ3n) is 5.34. The van der Waals surface area contributed by atoms with E-state index in [-0.39, 0.29) is 11.2 Å². The summed E-state index contributed by atoms with van der Waals surface area (Å²) >= 11 is 0. The molecule has 1 aromatic heterocycles. The molecule has 2 aromatic rings. The fourth-order valence-corrected chi connectivity index (χ4v) is 3.02. The Balaban J connectivity index is 1.88. The Kier molecular flexibility index (Phi) is 4.26. The monoisotopic (exact) mass is 337 g/mol. The van der Waals surface area contributed by atoms with Crippen LogP contribution in [0.25, 0.3) is 0 Å². The summed E-state index contributed by atoms with van der Waals surface area (Å²) in [6.45, 7) is 12.9. The van der Waals surface area contributed by atoms with E-state index in [4.69, 9.17) is 14.6 Å². The van der Waals surface area contributed by atoms with Gasteiger partial charge < -0.3 is 9.31 Å². The highest BCUT2D eigenvalue weighted by molar-refractivity contribution is 6.63. The summed E-state index contributed by atoms with van der Waals surface area (Å²) in [6.07, 6.45) is 0. The zero-order valence-electron chi connectivity index (χ0n) is 15.8. The zero-order chi connectivity index (χ0) is 18.4. The lowest BCUT2D eigenvalue weighted by molar-refractivity contribution is 0.00578. The molecule has 1 fully saturated rings. The highest BCUT2D eigenvalue weighted by Crippen LogP contribution is 2.36. The third-order valence-corrected chi connectivity index (χ3v) is 5.34. The smallest absolute Gasteiger partial charge is 0.399 e. The van der Waals surface area contributed by atoms with Gasteiger partial charge in [0.15, 0.2) is 0 Å². The van der Waals surface area contributed by atoms with Crippen LogP contribution in [0.15, 0.2) is 24.3 Å². The molecule has 1 aliphatic rings. The fraction of sp³-hybridized carbons (Fsp3) is 0.474. The van der Waals surface area contributed by atoms with Crippen LogP contribution >= 0.6 is 0 Å². The van der Waals surface area contributed by atoms with Gasteiger partial charge in [-0.15, -0.1) is 0 Å². The maximum absolute atomic E-state index is 8.91. The van der Waals surface area contributed by atoms with Gasteiger partial charge in [0.1, 0.15) is 0 Å². The predicted molar refractivity (Wildman–Crippen MR) is 97.7 cm³/mol. The predicted octanol–water partition coefficient (Wildman–Crippen LogP) is 2.72. The SMILES string of the molecule is Cc1nn(Cc2ccc(C#N)cc2)c(C)c1B1OC(C)(C)C(C)(C)O1. The Morgan fingerprint density at radius 1 is 1.08 bits per heavy atom. The van der Waals surface area contributed by atoms with Crippen molar-refractivity contribution in [2.24, 2.45) is 0 Å². The van der Waals surface area contributed by atoms with Crippen LogP contribution < -0.4 is 5.46 Å². The Labute approximate surface area is 149 Å². The average molecular weight is 337 g/mol. The van der Waals surface area contributed by atoms with E-state index in [9.17, 15) is 0 Å². The van der Waals surface area contributed by atoms with Gasteiger partial charge in [-0.25, -0.2) is 0 Å². The van der Waals surface area contributed by atoms with Crippen LogP contribution in [-0.2, 0) is 15.9 Å². The summed E-state index contributed by atoms with van der Waals surface area (Å²) in [5.74, 6) is 0. The molecule has 0 spiro atoms. The number of aromatic nitrogens is 2. The van der Waals surface area contributed by atoms with Gasteiger partial charge in [0.2, 0.25) is 0 Å². The van der Waals surface area contributed by atoms with Crippen LogP contribution in [0.3, 0.4) is 0 Å². The molecule has 2 heterocycles.